The van der Waals surface area contributed by atoms with Gasteiger partial charge >= 0.3 is 0 Å². The van der Waals surface area contributed by atoms with Crippen molar-refractivity contribution in [3.8, 4) is 0 Å². The zero-order chi connectivity index (χ0) is 19.2. The number of hydrogen-bond donors (Lipinski definition) is 1. The number of rotatable bonds is 7. The van der Waals surface area contributed by atoms with Crippen molar-refractivity contribution in [2.45, 2.75) is 39.7 Å². The average Bonchev–Trinajstić information content (AvgIpc) is 3.11. The van der Waals surface area contributed by atoms with Crippen LogP contribution in [0.4, 0.5) is 11.5 Å². The fourth-order valence-corrected chi connectivity index (χ4v) is 3.72. The molecule has 3 rings (SSSR count). The van der Waals surface area contributed by atoms with Gasteiger partial charge in [0.25, 0.3) is 0 Å². The van der Waals surface area contributed by atoms with Crippen LogP contribution in [0.1, 0.15) is 44.1 Å². The summed E-state index contributed by atoms with van der Waals surface area (Å²) in [5, 5.41) is 3.36. The molecule has 0 bridgehead atoms. The van der Waals surface area contributed by atoms with Gasteiger partial charge in [0.05, 0.1) is 18.3 Å². The van der Waals surface area contributed by atoms with Crippen LogP contribution in [0.15, 0.2) is 36.5 Å². The second kappa shape index (κ2) is 8.95. The molecule has 27 heavy (non-hydrogen) atoms. The van der Waals surface area contributed by atoms with Crippen molar-refractivity contribution in [1.82, 2.24) is 19.8 Å². The van der Waals surface area contributed by atoms with E-state index >= 15 is 0 Å². The van der Waals surface area contributed by atoms with Crippen LogP contribution in [0.5, 0.6) is 0 Å². The molecular weight excluding hydrogens is 338 g/mol. The smallest absolute Gasteiger partial charge is 0.236 e. The fourth-order valence-electron chi connectivity index (χ4n) is 3.72. The molecule has 6 nitrogen and oxygen atoms in total. The molecule has 0 spiro atoms. The Morgan fingerprint density at radius 3 is 2.81 bits per heavy atom. The lowest BCUT2D eigenvalue weighted by atomic mass is 10.1. The van der Waals surface area contributed by atoms with E-state index in [1.54, 1.807) is 6.20 Å². The number of anilines is 2. The molecule has 1 aliphatic rings. The fraction of sp³-hybridized carbons (Fsp3) is 0.476. The SMILES string of the molecule is CCN(CC)C(=O)CN1CCC[C@@H]1c1cc(Nc2ccccn2)cc(C)n1. The Hall–Kier alpha value is -2.47. The minimum absolute atomic E-state index is 0.189. The number of aryl methyl sites for hydroxylation is 1. The van der Waals surface area contributed by atoms with Gasteiger partial charge in [0.1, 0.15) is 5.82 Å². The molecular formula is C21H29N5O. The highest BCUT2D eigenvalue weighted by atomic mass is 16.2. The summed E-state index contributed by atoms with van der Waals surface area (Å²) >= 11 is 0. The lowest BCUT2D eigenvalue weighted by Gasteiger charge is -2.27. The van der Waals surface area contributed by atoms with Crippen LogP contribution < -0.4 is 5.32 Å². The van der Waals surface area contributed by atoms with Gasteiger partial charge in [0.2, 0.25) is 5.91 Å². The molecule has 1 N–H and O–H groups in total. The first-order chi connectivity index (χ1) is 13.1. The molecule has 0 aliphatic carbocycles. The molecule has 0 unspecified atom stereocenters. The van der Waals surface area contributed by atoms with Crippen molar-refractivity contribution in [2.75, 3.05) is 31.5 Å². The topological polar surface area (TPSA) is 61.4 Å². The van der Waals surface area contributed by atoms with E-state index in [1.165, 1.54) is 0 Å². The summed E-state index contributed by atoms with van der Waals surface area (Å²) in [7, 11) is 0. The molecule has 0 saturated carbocycles. The van der Waals surface area contributed by atoms with E-state index in [1.807, 2.05) is 49.9 Å². The normalized spacial score (nSPS) is 17.1. The molecule has 1 aliphatic heterocycles. The Morgan fingerprint density at radius 2 is 2.11 bits per heavy atom. The summed E-state index contributed by atoms with van der Waals surface area (Å²) in [4.78, 5) is 25.8. The number of nitrogens with zero attached hydrogens (tertiary/aromatic N) is 4. The van der Waals surface area contributed by atoms with E-state index in [-0.39, 0.29) is 11.9 Å². The maximum absolute atomic E-state index is 12.6. The van der Waals surface area contributed by atoms with E-state index in [9.17, 15) is 4.79 Å². The third kappa shape index (κ3) is 4.83. The predicted molar refractivity (Wildman–Crippen MR) is 108 cm³/mol. The van der Waals surface area contributed by atoms with E-state index in [0.717, 1.165) is 55.4 Å². The van der Waals surface area contributed by atoms with Gasteiger partial charge in [-0.15, -0.1) is 0 Å². The molecule has 0 radical (unpaired) electrons. The Bertz CT molecular complexity index is 760. The third-order valence-corrected chi connectivity index (χ3v) is 5.07. The number of hydrogen-bond acceptors (Lipinski definition) is 5. The zero-order valence-electron chi connectivity index (χ0n) is 16.5. The van der Waals surface area contributed by atoms with Crippen LogP contribution in [0.3, 0.4) is 0 Å². The third-order valence-electron chi connectivity index (χ3n) is 5.07. The molecule has 144 valence electrons. The summed E-state index contributed by atoms with van der Waals surface area (Å²) in [6, 6.07) is 10.1. The van der Waals surface area contributed by atoms with Crippen molar-refractivity contribution in [3.05, 3.63) is 47.9 Å². The summed E-state index contributed by atoms with van der Waals surface area (Å²) in [5.74, 6) is 1.01. The average molecular weight is 367 g/mol. The first-order valence-corrected chi connectivity index (χ1v) is 9.79. The Morgan fingerprint density at radius 1 is 1.30 bits per heavy atom. The molecule has 1 atom stereocenters. The van der Waals surface area contributed by atoms with E-state index in [2.05, 4.69) is 21.3 Å². The van der Waals surface area contributed by atoms with Gasteiger partial charge in [-0.2, -0.15) is 0 Å². The number of pyridine rings is 2. The highest BCUT2D eigenvalue weighted by molar-refractivity contribution is 5.78. The summed E-state index contributed by atoms with van der Waals surface area (Å²) in [6.07, 6.45) is 3.90. The highest BCUT2D eigenvalue weighted by Gasteiger charge is 2.29. The minimum Gasteiger partial charge on any atom is -0.342 e. The standard InChI is InChI=1S/C21H29N5O/c1-4-25(5-2)21(27)15-26-12-8-9-19(26)18-14-17(13-16(3)23-18)24-20-10-6-7-11-22-20/h6-7,10-11,13-14,19H,4-5,8-9,12,15H2,1-3H3,(H,22,23,24)/t19-/m1/s1. The maximum atomic E-state index is 12.6. The Balaban J connectivity index is 1.77. The van der Waals surface area contributed by atoms with Crippen molar-refractivity contribution in [3.63, 3.8) is 0 Å². The quantitative estimate of drug-likeness (QED) is 0.811. The van der Waals surface area contributed by atoms with Crippen molar-refractivity contribution >= 4 is 17.4 Å². The van der Waals surface area contributed by atoms with Gasteiger partial charge in [-0.05, 0) is 64.4 Å². The Labute approximate surface area is 161 Å². The number of carbonyl (C=O) groups is 1. The van der Waals surface area contributed by atoms with Gasteiger partial charge in [0.15, 0.2) is 0 Å². The van der Waals surface area contributed by atoms with Crippen LogP contribution >= 0.6 is 0 Å². The summed E-state index contributed by atoms with van der Waals surface area (Å²) < 4.78 is 0. The molecule has 1 fully saturated rings. The van der Waals surface area contributed by atoms with Crippen LogP contribution in [0.25, 0.3) is 0 Å². The second-order valence-corrected chi connectivity index (χ2v) is 6.96. The first-order valence-electron chi connectivity index (χ1n) is 9.79. The number of nitrogens with one attached hydrogen (secondary N) is 1. The lowest BCUT2D eigenvalue weighted by molar-refractivity contribution is -0.132. The number of likely N-dealkylation sites (tertiary alicyclic amines) is 1. The molecule has 2 aromatic heterocycles. The van der Waals surface area contributed by atoms with E-state index in [4.69, 9.17) is 4.98 Å². The van der Waals surface area contributed by atoms with Crippen molar-refractivity contribution in [2.24, 2.45) is 0 Å². The summed E-state index contributed by atoms with van der Waals surface area (Å²) in [6.45, 7) is 8.99. The molecule has 1 amide bonds. The molecule has 3 heterocycles. The van der Waals surface area contributed by atoms with Crippen LogP contribution in [-0.2, 0) is 4.79 Å². The molecule has 6 heteroatoms. The van der Waals surface area contributed by atoms with Crippen molar-refractivity contribution < 1.29 is 4.79 Å². The Kier molecular flexibility index (Phi) is 6.40. The number of likely N-dealkylation sites (N-methyl/N-ethyl adjacent to an activating group) is 1. The highest BCUT2D eigenvalue weighted by Crippen LogP contribution is 2.32. The minimum atomic E-state index is 0.189. The van der Waals surface area contributed by atoms with Gasteiger partial charge < -0.3 is 10.2 Å². The molecule has 0 aromatic carbocycles. The van der Waals surface area contributed by atoms with Gasteiger partial charge in [-0.3, -0.25) is 14.7 Å². The van der Waals surface area contributed by atoms with Crippen molar-refractivity contribution in [1.29, 1.82) is 0 Å². The molecule has 2 aromatic rings. The van der Waals surface area contributed by atoms with Gasteiger partial charge in [-0.1, -0.05) is 6.07 Å². The predicted octanol–water partition coefficient (Wildman–Crippen LogP) is 3.53. The zero-order valence-corrected chi connectivity index (χ0v) is 16.5. The van der Waals surface area contributed by atoms with Crippen LogP contribution in [-0.4, -0.2) is 51.9 Å². The largest absolute Gasteiger partial charge is 0.342 e. The monoisotopic (exact) mass is 367 g/mol. The lowest BCUT2D eigenvalue weighted by Crippen LogP contribution is -2.40. The van der Waals surface area contributed by atoms with E-state index < -0.39 is 0 Å². The van der Waals surface area contributed by atoms with E-state index in [0.29, 0.717) is 6.54 Å². The summed E-state index contributed by atoms with van der Waals surface area (Å²) in [5.41, 5.74) is 2.98. The van der Waals surface area contributed by atoms with Crippen LogP contribution in [0.2, 0.25) is 0 Å². The second-order valence-electron chi connectivity index (χ2n) is 6.96. The first kappa shape index (κ1) is 19.3. The van der Waals surface area contributed by atoms with Gasteiger partial charge in [0, 0.05) is 30.7 Å². The number of carbonyl (C=O) groups excluding carboxylic acids is 1. The molecule has 1 saturated heterocycles. The maximum Gasteiger partial charge on any atom is 0.236 e. The van der Waals surface area contributed by atoms with Crippen LogP contribution in [0, 0.1) is 6.92 Å². The number of amides is 1. The van der Waals surface area contributed by atoms with Gasteiger partial charge in [-0.25, -0.2) is 4.98 Å². The number of aromatic nitrogens is 2.